The van der Waals surface area contributed by atoms with Gasteiger partial charge < -0.3 is 15.3 Å². The van der Waals surface area contributed by atoms with E-state index in [4.69, 9.17) is 0 Å². The third-order valence-electron chi connectivity index (χ3n) is 8.72. The quantitative estimate of drug-likeness (QED) is 0.283. The lowest BCUT2D eigenvalue weighted by Gasteiger charge is -2.44. The number of alkyl halides is 6. The van der Waals surface area contributed by atoms with Crippen LogP contribution in [0.15, 0.2) is 47.6 Å². The number of hydrogen-bond acceptors (Lipinski definition) is 3. The van der Waals surface area contributed by atoms with E-state index < -0.39 is 30.2 Å². The first-order valence-electron chi connectivity index (χ1n) is 12.5. The molecular formula is C27H36F6O3. The van der Waals surface area contributed by atoms with Crippen LogP contribution < -0.4 is 0 Å². The van der Waals surface area contributed by atoms with E-state index in [9.17, 15) is 41.7 Å². The van der Waals surface area contributed by atoms with Gasteiger partial charge >= 0.3 is 12.4 Å². The maximum Gasteiger partial charge on any atom is 0.429 e. The predicted octanol–water partition coefficient (Wildman–Crippen LogP) is 6.57. The van der Waals surface area contributed by atoms with Crippen LogP contribution in [0.2, 0.25) is 0 Å². The molecule has 0 saturated heterocycles. The average molecular weight is 523 g/mol. The first-order chi connectivity index (χ1) is 16.5. The largest absolute Gasteiger partial charge is 0.429 e. The van der Waals surface area contributed by atoms with Crippen molar-refractivity contribution >= 4 is 0 Å². The van der Waals surface area contributed by atoms with E-state index in [1.807, 2.05) is 19.1 Å². The zero-order chi connectivity index (χ0) is 27.1. The molecule has 0 aliphatic heterocycles. The minimum Gasteiger partial charge on any atom is -0.393 e. The maximum atomic E-state index is 13.0. The first-order valence-corrected chi connectivity index (χ1v) is 12.5. The minimum absolute atomic E-state index is 0.000145. The molecule has 3 N–H and O–H groups in total. The van der Waals surface area contributed by atoms with E-state index in [1.54, 1.807) is 0 Å². The third kappa shape index (κ3) is 5.48. The van der Waals surface area contributed by atoms with Crippen molar-refractivity contribution in [2.75, 3.05) is 0 Å². The average Bonchev–Trinajstić information content (AvgIpc) is 3.11. The Kier molecular flexibility index (Phi) is 8.29. The molecular weight excluding hydrogens is 486 g/mol. The minimum atomic E-state index is -5.86. The smallest absolute Gasteiger partial charge is 0.393 e. The monoisotopic (exact) mass is 522 g/mol. The van der Waals surface area contributed by atoms with Crippen LogP contribution in [-0.4, -0.2) is 45.5 Å². The second-order valence-corrected chi connectivity index (χ2v) is 11.0. The van der Waals surface area contributed by atoms with E-state index in [0.29, 0.717) is 12.0 Å². The molecule has 36 heavy (non-hydrogen) atoms. The van der Waals surface area contributed by atoms with Crippen molar-refractivity contribution in [3.63, 3.8) is 0 Å². The number of allylic oxidation sites excluding steroid dienone is 4. The summed E-state index contributed by atoms with van der Waals surface area (Å²) in [6.45, 7) is 7.94. The molecule has 3 nitrogen and oxygen atoms in total. The highest BCUT2D eigenvalue weighted by atomic mass is 19.4. The number of hydrogen-bond donors (Lipinski definition) is 3. The lowest BCUT2D eigenvalue weighted by Crippen LogP contribution is -2.55. The van der Waals surface area contributed by atoms with E-state index in [2.05, 4.69) is 13.5 Å². The Hall–Kier alpha value is -1.58. The fourth-order valence-corrected chi connectivity index (χ4v) is 6.65. The molecule has 3 aliphatic rings. The topological polar surface area (TPSA) is 60.7 Å². The molecule has 0 aromatic heterocycles. The van der Waals surface area contributed by atoms with Crippen molar-refractivity contribution in [2.24, 2.45) is 23.2 Å². The summed E-state index contributed by atoms with van der Waals surface area (Å²) in [5, 5.41) is 29.4. The standard InChI is InChI=1S/C27H36F6O3/c1-16(6-4-13-25(36,26(28,29)30)27(31,32)33)21-10-11-22-18(7-5-12-24(21,22)3)8-9-19-14-20(34)15-23(35)17(19)2/h4,8-9,13,16,20-23,34-36H,2,5-7,10-12,14-15H2,1,3H3. The molecule has 6 atom stereocenters. The van der Waals surface area contributed by atoms with Gasteiger partial charge in [0.1, 0.15) is 0 Å². The van der Waals surface area contributed by atoms with Crippen LogP contribution in [0.25, 0.3) is 0 Å². The van der Waals surface area contributed by atoms with Crippen LogP contribution in [-0.2, 0) is 0 Å². The highest BCUT2D eigenvalue weighted by molar-refractivity contribution is 5.38. The van der Waals surface area contributed by atoms with Gasteiger partial charge in [0.05, 0.1) is 12.2 Å². The third-order valence-corrected chi connectivity index (χ3v) is 8.72. The molecule has 3 rings (SSSR count). The molecule has 3 aliphatic carbocycles. The van der Waals surface area contributed by atoms with Crippen LogP contribution in [0.5, 0.6) is 0 Å². The Morgan fingerprint density at radius 2 is 1.72 bits per heavy atom. The second kappa shape index (κ2) is 10.3. The van der Waals surface area contributed by atoms with Crippen LogP contribution in [0.4, 0.5) is 26.3 Å². The zero-order valence-electron chi connectivity index (χ0n) is 20.7. The number of aliphatic hydroxyl groups excluding tert-OH is 2. The molecule has 0 aromatic carbocycles. The Morgan fingerprint density at radius 3 is 2.33 bits per heavy atom. The van der Waals surface area contributed by atoms with Crippen molar-refractivity contribution in [3.05, 3.63) is 47.6 Å². The van der Waals surface area contributed by atoms with Gasteiger partial charge in [-0.15, -0.1) is 0 Å². The van der Waals surface area contributed by atoms with Crippen molar-refractivity contribution in [3.8, 4) is 0 Å². The van der Waals surface area contributed by atoms with Crippen LogP contribution in [0, 0.1) is 23.2 Å². The Morgan fingerprint density at radius 1 is 1.08 bits per heavy atom. The maximum absolute atomic E-state index is 13.0. The number of halogens is 6. The molecule has 204 valence electrons. The number of fused-ring (bicyclic) bond motifs is 1. The molecule has 0 spiro atoms. The Balaban J connectivity index is 1.75. The molecule has 0 bridgehead atoms. The normalized spacial score (nSPS) is 35.6. The summed E-state index contributed by atoms with van der Waals surface area (Å²) in [6.07, 6.45) is -3.35. The van der Waals surface area contributed by atoms with Gasteiger partial charge in [0.2, 0.25) is 0 Å². The van der Waals surface area contributed by atoms with E-state index in [-0.39, 0.29) is 42.1 Å². The highest BCUT2D eigenvalue weighted by Gasteiger charge is 2.69. The summed E-state index contributed by atoms with van der Waals surface area (Å²) in [4.78, 5) is 0. The van der Waals surface area contributed by atoms with Crippen LogP contribution >= 0.6 is 0 Å². The summed E-state index contributed by atoms with van der Waals surface area (Å²) < 4.78 is 77.8. The summed E-state index contributed by atoms with van der Waals surface area (Å²) in [5.74, 6) is 0.193. The van der Waals surface area contributed by atoms with E-state index >= 15 is 0 Å². The summed E-state index contributed by atoms with van der Waals surface area (Å²) in [7, 11) is 0. The Labute approximate surface area is 208 Å². The predicted molar refractivity (Wildman–Crippen MR) is 125 cm³/mol. The first kappa shape index (κ1) is 29.0. The van der Waals surface area contributed by atoms with Gasteiger partial charge in [-0.25, -0.2) is 0 Å². The molecule has 9 heteroatoms. The number of aliphatic hydroxyl groups is 3. The van der Waals surface area contributed by atoms with Gasteiger partial charge in [0.25, 0.3) is 5.60 Å². The molecule has 0 heterocycles. The summed E-state index contributed by atoms with van der Waals surface area (Å²) in [6, 6.07) is 0. The fourth-order valence-electron chi connectivity index (χ4n) is 6.65. The molecule has 0 aromatic rings. The van der Waals surface area contributed by atoms with Gasteiger partial charge in [0.15, 0.2) is 0 Å². The highest BCUT2D eigenvalue weighted by Crippen LogP contribution is 2.60. The van der Waals surface area contributed by atoms with Crippen LogP contribution in [0.1, 0.15) is 65.2 Å². The van der Waals surface area contributed by atoms with Gasteiger partial charge in [0, 0.05) is 6.42 Å². The van der Waals surface area contributed by atoms with Gasteiger partial charge in [-0.2, -0.15) is 26.3 Å². The van der Waals surface area contributed by atoms with Gasteiger partial charge in [-0.05, 0) is 85.3 Å². The van der Waals surface area contributed by atoms with Crippen molar-refractivity contribution in [1.29, 1.82) is 0 Å². The molecule has 0 amide bonds. The summed E-state index contributed by atoms with van der Waals surface area (Å²) in [5.41, 5.74) is -2.33. The molecule has 6 unspecified atom stereocenters. The van der Waals surface area contributed by atoms with Gasteiger partial charge in [-0.3, -0.25) is 0 Å². The molecule has 3 saturated carbocycles. The molecule has 3 fully saturated rings. The fraction of sp³-hybridized carbons (Fsp3) is 0.704. The molecule has 0 radical (unpaired) electrons. The van der Waals surface area contributed by atoms with Gasteiger partial charge in [-0.1, -0.05) is 44.2 Å². The van der Waals surface area contributed by atoms with Crippen molar-refractivity contribution in [2.45, 2.75) is 95.4 Å². The van der Waals surface area contributed by atoms with E-state index in [1.165, 1.54) is 5.57 Å². The lowest BCUT2D eigenvalue weighted by molar-refractivity contribution is -0.347. The summed E-state index contributed by atoms with van der Waals surface area (Å²) >= 11 is 0. The lowest BCUT2D eigenvalue weighted by atomic mass is 9.61. The zero-order valence-corrected chi connectivity index (χ0v) is 20.7. The second-order valence-electron chi connectivity index (χ2n) is 11.0. The van der Waals surface area contributed by atoms with E-state index in [0.717, 1.165) is 43.8 Å². The Bertz CT molecular complexity index is 901. The SMILES string of the molecule is C=C1C(=CC=C2CCCC3(C)C2CCC3C(C)CC=CC(O)(C(F)(F)F)C(F)(F)F)CC(O)CC1O. The van der Waals surface area contributed by atoms with Crippen LogP contribution in [0.3, 0.4) is 0 Å². The van der Waals surface area contributed by atoms with Crippen molar-refractivity contribution < 1.29 is 41.7 Å². The van der Waals surface area contributed by atoms with Crippen molar-refractivity contribution in [1.82, 2.24) is 0 Å². The number of rotatable bonds is 5.